The number of rotatable bonds is 9. The van der Waals surface area contributed by atoms with Crippen LogP contribution in [0.15, 0.2) is 48.5 Å². The fraction of sp³-hybridized carbons (Fsp3) is 0.333. The second kappa shape index (κ2) is 10.9. The molecule has 0 bridgehead atoms. The van der Waals surface area contributed by atoms with Crippen molar-refractivity contribution >= 4 is 17.7 Å². The molecule has 0 aliphatic carbocycles. The van der Waals surface area contributed by atoms with Crippen molar-refractivity contribution in [3.63, 3.8) is 0 Å². The minimum atomic E-state index is -1.25. The lowest BCUT2D eigenvalue weighted by molar-refractivity contribution is -0.132. The van der Waals surface area contributed by atoms with Crippen LogP contribution in [0, 0.1) is 5.82 Å². The summed E-state index contributed by atoms with van der Waals surface area (Å²) in [6, 6.07) is 12.6. The molecule has 0 spiro atoms. The third kappa shape index (κ3) is 5.31. The summed E-state index contributed by atoms with van der Waals surface area (Å²) in [7, 11) is 3.09. The zero-order chi connectivity index (χ0) is 27.4. The SMILES string of the molecule is CCOc1cc(CNC(=O)c2cc3n(n2)C[C@](C)(C(=O)NCc2ccc(F)cc2)N(C)C3=O)ccc1OC. The number of aromatic nitrogens is 2. The molecule has 10 nitrogen and oxygen atoms in total. The standard InChI is InChI=1S/C27H30FN5O5/c1-5-38-23-12-18(8-11-22(23)37-4)15-29-24(34)20-13-21-25(35)32(3)27(2,16-33(21)31-20)26(36)30-14-17-6-9-19(28)10-7-17/h6-13H,5,14-16H2,1-4H3,(H,29,34)(H,30,36)/t27-/m1/s1. The van der Waals surface area contributed by atoms with E-state index in [9.17, 15) is 18.8 Å². The van der Waals surface area contributed by atoms with E-state index < -0.39 is 23.3 Å². The van der Waals surface area contributed by atoms with Gasteiger partial charge >= 0.3 is 0 Å². The van der Waals surface area contributed by atoms with E-state index in [1.165, 1.54) is 34.8 Å². The van der Waals surface area contributed by atoms with Gasteiger partial charge in [0.2, 0.25) is 5.91 Å². The van der Waals surface area contributed by atoms with Crippen molar-refractivity contribution in [1.82, 2.24) is 25.3 Å². The van der Waals surface area contributed by atoms with Gasteiger partial charge in [0.15, 0.2) is 17.2 Å². The van der Waals surface area contributed by atoms with Crippen LogP contribution in [0.1, 0.15) is 46.0 Å². The summed E-state index contributed by atoms with van der Waals surface area (Å²) >= 11 is 0. The summed E-state index contributed by atoms with van der Waals surface area (Å²) in [4.78, 5) is 40.4. The summed E-state index contributed by atoms with van der Waals surface area (Å²) < 4.78 is 25.4. The lowest BCUT2D eigenvalue weighted by Crippen LogP contribution is -2.62. The highest BCUT2D eigenvalue weighted by Gasteiger charge is 2.46. The van der Waals surface area contributed by atoms with Gasteiger partial charge in [0.25, 0.3) is 11.8 Å². The number of hydrogen-bond acceptors (Lipinski definition) is 6. The number of methoxy groups -OCH3 is 1. The molecule has 1 aromatic heterocycles. The number of benzene rings is 2. The first-order chi connectivity index (χ1) is 18.2. The van der Waals surface area contributed by atoms with Gasteiger partial charge in [-0.05, 0) is 49.2 Å². The molecule has 2 N–H and O–H groups in total. The number of fused-ring (bicyclic) bond motifs is 1. The van der Waals surface area contributed by atoms with Crippen molar-refractivity contribution in [2.24, 2.45) is 0 Å². The number of amides is 3. The van der Waals surface area contributed by atoms with Crippen LogP contribution >= 0.6 is 0 Å². The van der Waals surface area contributed by atoms with E-state index in [1.54, 1.807) is 38.3 Å². The second-order valence-corrected chi connectivity index (χ2v) is 9.12. The van der Waals surface area contributed by atoms with Gasteiger partial charge in [-0.1, -0.05) is 18.2 Å². The van der Waals surface area contributed by atoms with Gasteiger partial charge in [0, 0.05) is 26.2 Å². The highest BCUT2D eigenvalue weighted by atomic mass is 19.1. The van der Waals surface area contributed by atoms with Gasteiger partial charge in [0.1, 0.15) is 17.1 Å². The van der Waals surface area contributed by atoms with Gasteiger partial charge in [-0.2, -0.15) is 5.10 Å². The molecular weight excluding hydrogens is 493 g/mol. The lowest BCUT2D eigenvalue weighted by atomic mass is 9.96. The Bertz CT molecular complexity index is 1360. The molecule has 4 rings (SSSR count). The molecule has 3 amide bonds. The van der Waals surface area contributed by atoms with Crippen LogP contribution in [0.25, 0.3) is 0 Å². The molecule has 0 saturated carbocycles. The first kappa shape index (κ1) is 26.6. The smallest absolute Gasteiger partial charge is 0.272 e. The maximum atomic E-state index is 13.2. The fourth-order valence-corrected chi connectivity index (χ4v) is 4.19. The summed E-state index contributed by atoms with van der Waals surface area (Å²) in [5.74, 6) is -0.484. The first-order valence-corrected chi connectivity index (χ1v) is 12.1. The van der Waals surface area contributed by atoms with Gasteiger partial charge in [-0.25, -0.2) is 4.39 Å². The van der Waals surface area contributed by atoms with Crippen LogP contribution in [0.3, 0.4) is 0 Å². The average Bonchev–Trinajstić information content (AvgIpc) is 3.34. The Hall–Kier alpha value is -4.41. The Morgan fingerprint density at radius 3 is 2.42 bits per heavy atom. The molecule has 0 saturated heterocycles. The van der Waals surface area contributed by atoms with Crippen LogP contribution in [0.5, 0.6) is 11.5 Å². The van der Waals surface area contributed by atoms with E-state index in [-0.39, 0.29) is 36.8 Å². The molecular formula is C27H30FN5O5. The Labute approximate surface area is 219 Å². The molecule has 1 aliphatic rings. The van der Waals surface area contributed by atoms with E-state index in [0.717, 1.165) is 11.1 Å². The molecule has 1 atom stereocenters. The normalized spacial score (nSPS) is 16.6. The largest absolute Gasteiger partial charge is 0.493 e. The van der Waals surface area contributed by atoms with Crippen molar-refractivity contribution in [1.29, 1.82) is 0 Å². The van der Waals surface area contributed by atoms with Crippen molar-refractivity contribution in [3.05, 3.63) is 76.9 Å². The van der Waals surface area contributed by atoms with Gasteiger partial charge < -0.3 is 25.0 Å². The third-order valence-electron chi connectivity index (χ3n) is 6.57. The number of carbonyl (C=O) groups is 3. The van der Waals surface area contributed by atoms with E-state index >= 15 is 0 Å². The number of likely N-dealkylation sites (N-methyl/N-ethyl adjacent to an activating group) is 1. The van der Waals surface area contributed by atoms with Crippen LogP contribution in [-0.2, 0) is 24.4 Å². The number of nitrogens with one attached hydrogen (secondary N) is 2. The van der Waals surface area contributed by atoms with Gasteiger partial charge in [-0.3, -0.25) is 19.1 Å². The maximum Gasteiger partial charge on any atom is 0.272 e. The van der Waals surface area contributed by atoms with Gasteiger partial charge in [-0.15, -0.1) is 0 Å². The zero-order valence-corrected chi connectivity index (χ0v) is 21.7. The molecule has 11 heteroatoms. The number of hydrogen-bond donors (Lipinski definition) is 2. The van der Waals surface area contributed by atoms with Crippen LogP contribution in [0.2, 0.25) is 0 Å². The number of carbonyl (C=O) groups excluding carboxylic acids is 3. The molecule has 2 heterocycles. The molecule has 38 heavy (non-hydrogen) atoms. The fourth-order valence-electron chi connectivity index (χ4n) is 4.19. The average molecular weight is 524 g/mol. The monoisotopic (exact) mass is 523 g/mol. The Morgan fingerprint density at radius 1 is 1.05 bits per heavy atom. The molecule has 1 aliphatic heterocycles. The number of nitrogens with zero attached hydrogens (tertiary/aromatic N) is 3. The molecule has 0 fully saturated rings. The molecule has 2 aromatic carbocycles. The molecule has 3 aromatic rings. The summed E-state index contributed by atoms with van der Waals surface area (Å²) in [6.07, 6.45) is 0. The third-order valence-corrected chi connectivity index (χ3v) is 6.57. The van der Waals surface area contributed by atoms with Crippen LogP contribution in [-0.4, -0.2) is 58.7 Å². The van der Waals surface area contributed by atoms with Gasteiger partial charge in [0.05, 0.1) is 20.3 Å². The second-order valence-electron chi connectivity index (χ2n) is 9.12. The summed E-state index contributed by atoms with van der Waals surface area (Å²) in [5, 5.41) is 9.93. The van der Waals surface area contributed by atoms with Crippen LogP contribution in [0.4, 0.5) is 4.39 Å². The quantitative estimate of drug-likeness (QED) is 0.446. The predicted molar refractivity (Wildman–Crippen MR) is 136 cm³/mol. The molecule has 0 unspecified atom stereocenters. The van der Waals surface area contributed by atoms with E-state index in [0.29, 0.717) is 18.1 Å². The van der Waals surface area contributed by atoms with Crippen molar-refractivity contribution in [3.8, 4) is 11.5 Å². The number of ether oxygens (including phenoxy) is 2. The van der Waals surface area contributed by atoms with Crippen LogP contribution < -0.4 is 20.1 Å². The Balaban J connectivity index is 1.45. The first-order valence-electron chi connectivity index (χ1n) is 12.1. The van der Waals surface area contributed by atoms with E-state index in [1.807, 2.05) is 13.0 Å². The number of halogens is 1. The zero-order valence-electron chi connectivity index (χ0n) is 21.7. The van der Waals surface area contributed by atoms with Crippen molar-refractivity contribution < 1.29 is 28.2 Å². The molecule has 0 radical (unpaired) electrons. The topological polar surface area (TPSA) is 115 Å². The predicted octanol–water partition coefficient (Wildman–Crippen LogP) is 2.52. The minimum absolute atomic E-state index is 0.0588. The minimum Gasteiger partial charge on any atom is -0.493 e. The Morgan fingerprint density at radius 2 is 1.74 bits per heavy atom. The van der Waals surface area contributed by atoms with Crippen molar-refractivity contribution in [2.75, 3.05) is 20.8 Å². The molecule has 200 valence electrons. The van der Waals surface area contributed by atoms with E-state index in [2.05, 4.69) is 15.7 Å². The summed E-state index contributed by atoms with van der Waals surface area (Å²) in [5.41, 5.74) is 0.550. The highest BCUT2D eigenvalue weighted by molar-refractivity contribution is 6.01. The van der Waals surface area contributed by atoms with E-state index in [4.69, 9.17) is 9.47 Å². The maximum absolute atomic E-state index is 13.2. The highest BCUT2D eigenvalue weighted by Crippen LogP contribution is 2.28. The summed E-state index contributed by atoms with van der Waals surface area (Å²) in [6.45, 7) is 4.42. The Kier molecular flexibility index (Phi) is 7.65. The lowest BCUT2D eigenvalue weighted by Gasteiger charge is -2.40. The van der Waals surface area contributed by atoms with Crippen molar-refractivity contribution in [2.45, 2.75) is 39.0 Å².